The fourth-order valence-corrected chi connectivity index (χ4v) is 1.82. The number of hydrazine groups is 1. The predicted molar refractivity (Wildman–Crippen MR) is 54.8 cm³/mol. The van der Waals surface area contributed by atoms with E-state index in [0.29, 0.717) is 5.92 Å². The molecular weight excluding hydrogens is 176 g/mol. The molecule has 4 nitrogen and oxygen atoms in total. The van der Waals surface area contributed by atoms with Crippen molar-refractivity contribution in [3.05, 3.63) is 30.1 Å². The van der Waals surface area contributed by atoms with Crippen molar-refractivity contribution >= 4 is 11.0 Å². The summed E-state index contributed by atoms with van der Waals surface area (Å²) in [6.45, 7) is 1.89. The highest BCUT2D eigenvalue weighted by atomic mass is 15.4. The number of nitrogens with zero attached hydrogens (tertiary/aromatic N) is 1. The lowest BCUT2D eigenvalue weighted by Crippen LogP contribution is -2.21. The maximum absolute atomic E-state index is 4.56. The van der Waals surface area contributed by atoms with Crippen LogP contribution in [0.1, 0.15) is 11.7 Å². The Morgan fingerprint density at radius 2 is 1.93 bits per heavy atom. The molecule has 14 heavy (non-hydrogen) atoms. The average Bonchev–Trinajstić information content (AvgIpc) is 2.86. The number of para-hydroxylation sites is 2. The van der Waals surface area contributed by atoms with Gasteiger partial charge in [0.1, 0.15) is 5.82 Å². The van der Waals surface area contributed by atoms with Crippen LogP contribution in [0.5, 0.6) is 0 Å². The second-order valence-corrected chi connectivity index (χ2v) is 3.60. The summed E-state index contributed by atoms with van der Waals surface area (Å²) in [4.78, 5) is 7.91. The van der Waals surface area contributed by atoms with Gasteiger partial charge in [0, 0.05) is 19.0 Å². The van der Waals surface area contributed by atoms with Gasteiger partial charge in [-0.2, -0.15) is 0 Å². The Kier molecular flexibility index (Phi) is 1.75. The highest BCUT2D eigenvalue weighted by molar-refractivity contribution is 5.74. The molecule has 1 aromatic heterocycles. The van der Waals surface area contributed by atoms with Crippen molar-refractivity contribution < 1.29 is 0 Å². The fraction of sp³-hybridized carbons (Fsp3) is 0.300. The molecule has 1 saturated heterocycles. The number of nitrogens with one attached hydrogen (secondary N) is 3. The van der Waals surface area contributed by atoms with E-state index in [1.807, 2.05) is 18.2 Å². The van der Waals surface area contributed by atoms with E-state index in [2.05, 4.69) is 26.9 Å². The van der Waals surface area contributed by atoms with Crippen LogP contribution < -0.4 is 10.9 Å². The molecule has 0 saturated carbocycles. The van der Waals surface area contributed by atoms with Crippen LogP contribution >= 0.6 is 0 Å². The molecule has 3 rings (SSSR count). The van der Waals surface area contributed by atoms with E-state index < -0.39 is 0 Å². The van der Waals surface area contributed by atoms with Gasteiger partial charge in [0.15, 0.2) is 0 Å². The highest BCUT2D eigenvalue weighted by Gasteiger charge is 2.19. The van der Waals surface area contributed by atoms with Crippen molar-refractivity contribution in [2.45, 2.75) is 5.92 Å². The number of aromatic nitrogens is 2. The van der Waals surface area contributed by atoms with Gasteiger partial charge in [0.2, 0.25) is 0 Å². The normalized spacial score (nSPS) is 18.0. The number of H-pyrrole nitrogens is 1. The molecule has 2 aromatic rings. The molecule has 4 heteroatoms. The molecule has 72 valence electrons. The summed E-state index contributed by atoms with van der Waals surface area (Å²) in [5, 5.41) is 0. The Labute approximate surface area is 81.7 Å². The Morgan fingerprint density at radius 3 is 2.71 bits per heavy atom. The quantitative estimate of drug-likeness (QED) is 0.619. The van der Waals surface area contributed by atoms with Gasteiger partial charge < -0.3 is 4.98 Å². The van der Waals surface area contributed by atoms with E-state index in [1.165, 1.54) is 0 Å². The van der Waals surface area contributed by atoms with Gasteiger partial charge in [-0.25, -0.2) is 4.98 Å². The van der Waals surface area contributed by atoms with Crippen LogP contribution in [-0.4, -0.2) is 23.1 Å². The summed E-state index contributed by atoms with van der Waals surface area (Å²) in [6.07, 6.45) is 0. The lowest BCUT2D eigenvalue weighted by Gasteiger charge is -2.00. The Hall–Kier alpha value is -1.39. The minimum absolute atomic E-state index is 0.461. The van der Waals surface area contributed by atoms with Gasteiger partial charge in [-0.3, -0.25) is 10.9 Å². The molecule has 0 atom stereocenters. The molecule has 0 bridgehead atoms. The molecule has 1 fully saturated rings. The van der Waals surface area contributed by atoms with Gasteiger partial charge in [-0.05, 0) is 12.1 Å². The zero-order valence-electron chi connectivity index (χ0n) is 7.75. The van der Waals surface area contributed by atoms with E-state index in [-0.39, 0.29) is 0 Å². The summed E-state index contributed by atoms with van der Waals surface area (Å²) < 4.78 is 0. The van der Waals surface area contributed by atoms with E-state index in [1.54, 1.807) is 0 Å². The first-order chi connectivity index (χ1) is 6.93. The first-order valence-corrected chi connectivity index (χ1v) is 4.84. The summed E-state index contributed by atoms with van der Waals surface area (Å²) in [5.74, 6) is 1.53. The number of imidazole rings is 1. The monoisotopic (exact) mass is 188 g/mol. The number of fused-ring (bicyclic) bond motifs is 1. The van der Waals surface area contributed by atoms with E-state index >= 15 is 0 Å². The third-order valence-electron chi connectivity index (χ3n) is 2.62. The molecule has 0 amide bonds. The van der Waals surface area contributed by atoms with Crippen molar-refractivity contribution in [2.75, 3.05) is 13.1 Å². The van der Waals surface area contributed by atoms with Crippen molar-refractivity contribution in [2.24, 2.45) is 0 Å². The smallest absolute Gasteiger partial charge is 0.113 e. The van der Waals surface area contributed by atoms with Crippen LogP contribution in [0.2, 0.25) is 0 Å². The van der Waals surface area contributed by atoms with Crippen LogP contribution in [0.4, 0.5) is 0 Å². The number of rotatable bonds is 1. The Balaban J connectivity index is 2.05. The largest absolute Gasteiger partial charge is 0.342 e. The third-order valence-corrected chi connectivity index (χ3v) is 2.62. The summed E-state index contributed by atoms with van der Waals surface area (Å²) in [7, 11) is 0. The number of hydrogen-bond acceptors (Lipinski definition) is 3. The minimum atomic E-state index is 0.461. The summed E-state index contributed by atoms with van der Waals surface area (Å²) in [5.41, 5.74) is 8.38. The Bertz CT molecular complexity index is 409. The van der Waals surface area contributed by atoms with Gasteiger partial charge in [-0.15, -0.1) is 0 Å². The van der Waals surface area contributed by atoms with Crippen LogP contribution in [0.3, 0.4) is 0 Å². The first-order valence-electron chi connectivity index (χ1n) is 4.84. The number of hydrogen-bond donors (Lipinski definition) is 3. The van der Waals surface area contributed by atoms with E-state index in [9.17, 15) is 0 Å². The fourth-order valence-electron chi connectivity index (χ4n) is 1.82. The second-order valence-electron chi connectivity index (χ2n) is 3.60. The molecule has 0 radical (unpaired) electrons. The molecule has 1 aromatic carbocycles. The molecular formula is C10H12N4. The zero-order valence-corrected chi connectivity index (χ0v) is 7.75. The molecule has 0 unspecified atom stereocenters. The van der Waals surface area contributed by atoms with Gasteiger partial charge in [-0.1, -0.05) is 12.1 Å². The molecule has 1 aliphatic rings. The number of aromatic amines is 1. The predicted octanol–water partition coefficient (Wildman–Crippen LogP) is 0.754. The third kappa shape index (κ3) is 1.20. The van der Waals surface area contributed by atoms with Crippen molar-refractivity contribution in [1.82, 2.24) is 20.8 Å². The summed E-state index contributed by atoms with van der Waals surface area (Å²) >= 11 is 0. The lowest BCUT2D eigenvalue weighted by molar-refractivity contribution is 0.689. The summed E-state index contributed by atoms with van der Waals surface area (Å²) in [6, 6.07) is 8.13. The van der Waals surface area contributed by atoms with Gasteiger partial charge in [0.05, 0.1) is 11.0 Å². The van der Waals surface area contributed by atoms with Crippen molar-refractivity contribution in [3.8, 4) is 0 Å². The SMILES string of the molecule is c1ccc2[nH]c(C3CNNC3)nc2c1. The van der Waals surface area contributed by atoms with Gasteiger partial charge >= 0.3 is 0 Å². The number of benzene rings is 1. The van der Waals surface area contributed by atoms with Crippen molar-refractivity contribution in [1.29, 1.82) is 0 Å². The minimum Gasteiger partial charge on any atom is -0.342 e. The maximum atomic E-state index is 4.56. The molecule has 3 N–H and O–H groups in total. The van der Waals surface area contributed by atoms with Crippen LogP contribution in [0, 0.1) is 0 Å². The van der Waals surface area contributed by atoms with Crippen LogP contribution in [0.25, 0.3) is 11.0 Å². The van der Waals surface area contributed by atoms with Crippen molar-refractivity contribution in [3.63, 3.8) is 0 Å². The Morgan fingerprint density at radius 1 is 1.14 bits per heavy atom. The topological polar surface area (TPSA) is 52.7 Å². The van der Waals surface area contributed by atoms with Crippen LogP contribution in [-0.2, 0) is 0 Å². The maximum Gasteiger partial charge on any atom is 0.113 e. The lowest BCUT2D eigenvalue weighted by atomic mass is 10.1. The van der Waals surface area contributed by atoms with Crippen LogP contribution in [0.15, 0.2) is 24.3 Å². The van der Waals surface area contributed by atoms with E-state index in [4.69, 9.17) is 0 Å². The van der Waals surface area contributed by atoms with Gasteiger partial charge in [0.25, 0.3) is 0 Å². The second kappa shape index (κ2) is 3.08. The standard InChI is InChI=1S/C10H12N4/c1-2-4-9-8(3-1)13-10(14-9)7-5-11-12-6-7/h1-4,7,11-12H,5-6H2,(H,13,14). The van der Waals surface area contributed by atoms with E-state index in [0.717, 1.165) is 29.9 Å². The average molecular weight is 188 g/mol. The zero-order chi connectivity index (χ0) is 9.38. The molecule has 1 aliphatic heterocycles. The molecule has 0 spiro atoms. The molecule has 2 heterocycles. The molecule has 0 aliphatic carbocycles. The highest BCUT2D eigenvalue weighted by Crippen LogP contribution is 2.17. The first kappa shape index (κ1) is 7.96.